The molecule has 0 bridgehead atoms. The lowest BCUT2D eigenvalue weighted by Gasteiger charge is -2.36. The maximum atomic E-state index is 12.5. The Hall–Kier alpha value is -2.75. The molecular weight excluding hydrogens is 362 g/mol. The highest BCUT2D eigenvalue weighted by Crippen LogP contribution is 2.27. The molecule has 1 saturated carbocycles. The lowest BCUT2D eigenvalue weighted by atomic mass is 9.83. The molecule has 152 valence electrons. The average molecular weight is 389 g/mol. The molecule has 0 radical (unpaired) electrons. The molecule has 0 unspecified atom stereocenters. The lowest BCUT2D eigenvalue weighted by molar-refractivity contribution is -0.129. The number of nitrogens with zero attached hydrogens (tertiary/aromatic N) is 3. The summed E-state index contributed by atoms with van der Waals surface area (Å²) in [5, 5.41) is 19.1. The fraction of sp³-hybridized carbons (Fsp3) is 0.611. The number of hydrogen-bond donors (Lipinski definition) is 4. The van der Waals surface area contributed by atoms with Crippen molar-refractivity contribution in [2.45, 2.75) is 57.7 Å². The Morgan fingerprint density at radius 3 is 2.89 bits per heavy atom. The summed E-state index contributed by atoms with van der Waals surface area (Å²) in [6.45, 7) is 2.96. The standard InChI is InChI=1S/C18H27N7O3/c1-2-7-28-15-8-12(18(27)19-10-16-20-11-22-25-16)3-4-14(15)23-17(26)9-13-5-6-21-24-13/h5-6,11-12,14-15H,2-4,7-10H2,1H3,(H,19,27)(H,21,24)(H,23,26)(H,20,22,25)/t12-,14-,15-/m0/s1. The normalized spacial score (nSPS) is 22.0. The molecule has 2 amide bonds. The van der Waals surface area contributed by atoms with Gasteiger partial charge >= 0.3 is 0 Å². The minimum Gasteiger partial charge on any atom is -0.376 e. The van der Waals surface area contributed by atoms with Crippen LogP contribution in [0.15, 0.2) is 18.6 Å². The van der Waals surface area contributed by atoms with Gasteiger partial charge in [0.2, 0.25) is 11.8 Å². The van der Waals surface area contributed by atoms with Crippen LogP contribution in [0, 0.1) is 5.92 Å². The van der Waals surface area contributed by atoms with Crippen LogP contribution in [0.5, 0.6) is 0 Å². The Labute approximate surface area is 163 Å². The fourth-order valence-corrected chi connectivity index (χ4v) is 3.43. The first-order valence-corrected chi connectivity index (χ1v) is 9.67. The molecule has 2 heterocycles. The summed E-state index contributed by atoms with van der Waals surface area (Å²) in [6.07, 6.45) is 5.96. The van der Waals surface area contributed by atoms with E-state index in [0.29, 0.717) is 38.2 Å². The number of ether oxygens (including phenoxy) is 1. The van der Waals surface area contributed by atoms with Crippen molar-refractivity contribution < 1.29 is 14.3 Å². The van der Waals surface area contributed by atoms with Crippen molar-refractivity contribution in [3.05, 3.63) is 30.1 Å². The zero-order valence-corrected chi connectivity index (χ0v) is 16.0. The number of rotatable bonds is 9. The Bertz CT molecular complexity index is 732. The van der Waals surface area contributed by atoms with Crippen molar-refractivity contribution in [3.8, 4) is 0 Å². The van der Waals surface area contributed by atoms with Crippen LogP contribution in [-0.2, 0) is 27.3 Å². The highest BCUT2D eigenvalue weighted by molar-refractivity contribution is 5.79. The number of carbonyl (C=O) groups is 2. The Balaban J connectivity index is 1.52. The molecule has 2 aromatic rings. The van der Waals surface area contributed by atoms with Crippen molar-refractivity contribution in [2.24, 2.45) is 5.92 Å². The zero-order valence-electron chi connectivity index (χ0n) is 16.0. The molecule has 10 heteroatoms. The van der Waals surface area contributed by atoms with Gasteiger partial charge in [0, 0.05) is 24.4 Å². The van der Waals surface area contributed by atoms with E-state index in [-0.39, 0.29) is 36.3 Å². The number of aromatic amines is 2. The first-order chi connectivity index (χ1) is 13.7. The van der Waals surface area contributed by atoms with Gasteiger partial charge in [-0.1, -0.05) is 6.92 Å². The molecule has 1 fully saturated rings. The van der Waals surface area contributed by atoms with Crippen LogP contribution in [0.2, 0.25) is 0 Å². The molecule has 0 spiro atoms. The minimum atomic E-state index is -0.180. The summed E-state index contributed by atoms with van der Waals surface area (Å²) in [5.41, 5.74) is 0.768. The second-order valence-corrected chi connectivity index (χ2v) is 7.00. The first-order valence-electron chi connectivity index (χ1n) is 9.67. The largest absolute Gasteiger partial charge is 0.376 e. The minimum absolute atomic E-state index is 0.0243. The number of nitrogens with one attached hydrogen (secondary N) is 4. The fourth-order valence-electron chi connectivity index (χ4n) is 3.43. The van der Waals surface area contributed by atoms with E-state index in [0.717, 1.165) is 12.1 Å². The third-order valence-electron chi connectivity index (χ3n) is 4.85. The number of carbonyl (C=O) groups excluding carboxylic acids is 2. The van der Waals surface area contributed by atoms with Gasteiger partial charge < -0.3 is 15.4 Å². The van der Waals surface area contributed by atoms with Gasteiger partial charge in [0.15, 0.2) is 0 Å². The average Bonchev–Trinajstić information content (AvgIpc) is 3.39. The van der Waals surface area contributed by atoms with E-state index in [1.807, 2.05) is 6.92 Å². The summed E-state index contributed by atoms with van der Waals surface area (Å²) in [4.78, 5) is 28.9. The summed E-state index contributed by atoms with van der Waals surface area (Å²) < 4.78 is 5.97. The molecule has 28 heavy (non-hydrogen) atoms. The Morgan fingerprint density at radius 1 is 1.29 bits per heavy atom. The van der Waals surface area contributed by atoms with Crippen LogP contribution in [0.1, 0.15) is 44.1 Å². The van der Waals surface area contributed by atoms with E-state index in [9.17, 15) is 9.59 Å². The Morgan fingerprint density at radius 2 is 2.18 bits per heavy atom. The molecule has 4 N–H and O–H groups in total. The van der Waals surface area contributed by atoms with Gasteiger partial charge in [-0.25, -0.2) is 4.98 Å². The predicted octanol–water partition coefficient (Wildman–Crippen LogP) is 0.467. The molecule has 0 aromatic carbocycles. The van der Waals surface area contributed by atoms with Crippen LogP contribution in [0.3, 0.4) is 0 Å². The smallest absolute Gasteiger partial charge is 0.226 e. The van der Waals surface area contributed by atoms with Crippen molar-refractivity contribution >= 4 is 11.8 Å². The number of H-pyrrole nitrogens is 2. The van der Waals surface area contributed by atoms with Crippen molar-refractivity contribution in [3.63, 3.8) is 0 Å². The van der Waals surface area contributed by atoms with Crippen LogP contribution < -0.4 is 10.6 Å². The van der Waals surface area contributed by atoms with E-state index in [2.05, 4.69) is 36.0 Å². The number of hydrogen-bond acceptors (Lipinski definition) is 6. The van der Waals surface area contributed by atoms with Gasteiger partial charge in [-0.2, -0.15) is 10.2 Å². The SMILES string of the molecule is CCCO[C@H]1C[C@@H](C(=O)NCc2ncn[nH]2)CC[C@@H]1NC(=O)Cc1ccn[nH]1. The Kier molecular flexibility index (Phi) is 7.12. The van der Waals surface area contributed by atoms with Gasteiger partial charge in [-0.3, -0.25) is 19.8 Å². The van der Waals surface area contributed by atoms with Crippen molar-refractivity contribution in [1.82, 2.24) is 36.0 Å². The maximum Gasteiger partial charge on any atom is 0.226 e. The van der Waals surface area contributed by atoms with E-state index in [1.165, 1.54) is 6.33 Å². The third-order valence-corrected chi connectivity index (χ3v) is 4.85. The summed E-state index contributed by atoms with van der Waals surface area (Å²) in [5.74, 6) is 0.369. The van der Waals surface area contributed by atoms with Crippen LogP contribution in [0.4, 0.5) is 0 Å². The molecule has 3 rings (SSSR count). The number of amides is 2. The topological polar surface area (TPSA) is 138 Å². The summed E-state index contributed by atoms with van der Waals surface area (Å²) >= 11 is 0. The van der Waals surface area contributed by atoms with Gasteiger partial charge in [-0.05, 0) is 31.7 Å². The van der Waals surface area contributed by atoms with Gasteiger partial charge in [0.25, 0.3) is 0 Å². The van der Waals surface area contributed by atoms with E-state index >= 15 is 0 Å². The maximum absolute atomic E-state index is 12.5. The highest BCUT2D eigenvalue weighted by atomic mass is 16.5. The van der Waals surface area contributed by atoms with Crippen LogP contribution in [-0.4, -0.2) is 55.9 Å². The van der Waals surface area contributed by atoms with Gasteiger partial charge in [0.05, 0.1) is 25.1 Å². The van der Waals surface area contributed by atoms with Gasteiger partial charge in [0.1, 0.15) is 12.2 Å². The predicted molar refractivity (Wildman–Crippen MR) is 99.8 cm³/mol. The van der Waals surface area contributed by atoms with E-state index in [1.54, 1.807) is 12.3 Å². The van der Waals surface area contributed by atoms with Crippen LogP contribution in [0.25, 0.3) is 0 Å². The number of aromatic nitrogens is 5. The third kappa shape index (κ3) is 5.62. The zero-order chi connectivity index (χ0) is 19.8. The first kappa shape index (κ1) is 20.0. The quantitative estimate of drug-likeness (QED) is 0.492. The highest BCUT2D eigenvalue weighted by Gasteiger charge is 2.35. The molecular formula is C18H27N7O3. The van der Waals surface area contributed by atoms with E-state index < -0.39 is 0 Å². The molecule has 1 aliphatic rings. The molecule has 0 aliphatic heterocycles. The van der Waals surface area contributed by atoms with Gasteiger partial charge in [-0.15, -0.1) is 0 Å². The second-order valence-electron chi connectivity index (χ2n) is 7.00. The molecule has 3 atom stereocenters. The lowest BCUT2D eigenvalue weighted by Crippen LogP contribution is -2.50. The van der Waals surface area contributed by atoms with Crippen LogP contribution >= 0.6 is 0 Å². The summed E-state index contributed by atoms with van der Waals surface area (Å²) in [6, 6.07) is 1.68. The van der Waals surface area contributed by atoms with E-state index in [4.69, 9.17) is 4.74 Å². The van der Waals surface area contributed by atoms with Crippen molar-refractivity contribution in [2.75, 3.05) is 6.61 Å². The summed E-state index contributed by atoms with van der Waals surface area (Å²) in [7, 11) is 0. The molecule has 10 nitrogen and oxygen atoms in total. The second kappa shape index (κ2) is 9.98. The monoisotopic (exact) mass is 389 g/mol. The molecule has 0 saturated heterocycles. The van der Waals surface area contributed by atoms with Crippen molar-refractivity contribution in [1.29, 1.82) is 0 Å². The molecule has 2 aromatic heterocycles. The molecule has 1 aliphatic carbocycles.